The fourth-order valence-electron chi connectivity index (χ4n) is 2.20. The second-order valence-electron chi connectivity index (χ2n) is 4.95. The van der Waals surface area contributed by atoms with Gasteiger partial charge in [-0.15, -0.1) is 0 Å². The lowest BCUT2D eigenvalue weighted by molar-refractivity contribution is -0.128. The first-order valence-electron chi connectivity index (χ1n) is 6.96. The Morgan fingerprint density at radius 3 is 2.68 bits per heavy atom. The highest BCUT2D eigenvalue weighted by molar-refractivity contribution is 7.80. The molecular formula is C13H25N3O2S. The molecule has 1 aliphatic carbocycles. The number of nitrogens with one attached hydrogen (secondary N) is 2. The summed E-state index contributed by atoms with van der Waals surface area (Å²) in [6.45, 7) is 1.45. The molecule has 19 heavy (non-hydrogen) atoms. The van der Waals surface area contributed by atoms with E-state index < -0.39 is 0 Å². The van der Waals surface area contributed by atoms with Crippen molar-refractivity contribution in [2.45, 2.75) is 38.5 Å². The summed E-state index contributed by atoms with van der Waals surface area (Å²) in [5.41, 5.74) is 2.85. The Labute approximate surface area is 121 Å². The molecule has 1 aliphatic rings. The Hall–Kier alpha value is -0.880. The fourth-order valence-corrected chi connectivity index (χ4v) is 2.35. The molecule has 0 bridgehead atoms. The van der Waals surface area contributed by atoms with Gasteiger partial charge in [-0.25, -0.2) is 0 Å². The van der Waals surface area contributed by atoms with Crippen LogP contribution in [0.1, 0.15) is 38.5 Å². The van der Waals surface area contributed by atoms with Gasteiger partial charge in [0.2, 0.25) is 5.91 Å². The quantitative estimate of drug-likeness (QED) is 0.455. The average molecular weight is 287 g/mol. The van der Waals surface area contributed by atoms with E-state index in [-0.39, 0.29) is 11.8 Å². The first-order chi connectivity index (χ1) is 9.15. The first-order valence-corrected chi connectivity index (χ1v) is 7.37. The molecule has 2 N–H and O–H groups in total. The molecule has 0 aromatic rings. The van der Waals surface area contributed by atoms with Gasteiger partial charge in [0.15, 0.2) is 5.11 Å². The van der Waals surface area contributed by atoms with Crippen LogP contribution in [0.4, 0.5) is 0 Å². The molecule has 1 saturated carbocycles. The zero-order valence-electron chi connectivity index (χ0n) is 11.9. The Balaban J connectivity index is 2.22. The summed E-state index contributed by atoms with van der Waals surface area (Å²) in [6, 6.07) is 0. The number of carbonyl (C=O) groups is 1. The molecule has 0 unspecified atom stereocenters. The predicted octanol–water partition coefficient (Wildman–Crippen LogP) is 1.44. The van der Waals surface area contributed by atoms with Crippen LogP contribution in [-0.4, -0.2) is 43.3 Å². The van der Waals surface area contributed by atoms with Crippen LogP contribution in [0.3, 0.4) is 0 Å². The highest BCUT2D eigenvalue weighted by Gasteiger charge is 2.22. The lowest BCUT2D eigenvalue weighted by Crippen LogP contribution is -2.50. The summed E-state index contributed by atoms with van der Waals surface area (Å²) in [5, 5.41) is 5.23. The molecule has 0 atom stereocenters. The molecule has 0 aliphatic heterocycles. The van der Waals surface area contributed by atoms with Crippen molar-refractivity contribution in [3.8, 4) is 0 Å². The summed E-state index contributed by atoms with van der Waals surface area (Å²) in [6.07, 6.45) is 6.44. The van der Waals surface area contributed by atoms with E-state index in [1.54, 1.807) is 19.2 Å². The van der Waals surface area contributed by atoms with Gasteiger partial charge in [-0.05, 0) is 31.5 Å². The molecule has 1 amide bonds. The van der Waals surface area contributed by atoms with Crippen LogP contribution in [0.5, 0.6) is 0 Å². The van der Waals surface area contributed by atoms with E-state index in [1.165, 1.54) is 6.42 Å². The van der Waals surface area contributed by atoms with Gasteiger partial charge in [0.05, 0.1) is 0 Å². The number of thiocarbonyl (C=S) groups is 1. The van der Waals surface area contributed by atoms with Crippen LogP contribution in [0.2, 0.25) is 0 Å². The Kier molecular flexibility index (Phi) is 7.74. The SMILES string of the molecule is COCCCNC(=S)N(C)NC(=O)C1CCCCC1. The molecule has 1 fully saturated rings. The standard InChI is InChI=1S/C13H25N3O2S/c1-16(13(19)14-9-6-10-18-2)15-12(17)11-7-4-3-5-8-11/h11H,3-10H2,1-2H3,(H,14,19)(H,15,17). The minimum atomic E-state index is 0.0863. The summed E-state index contributed by atoms with van der Waals surface area (Å²) < 4.78 is 4.96. The van der Waals surface area contributed by atoms with E-state index in [0.29, 0.717) is 11.7 Å². The number of carbonyl (C=O) groups excluding carboxylic acids is 1. The minimum Gasteiger partial charge on any atom is -0.385 e. The highest BCUT2D eigenvalue weighted by atomic mass is 32.1. The molecule has 110 valence electrons. The van der Waals surface area contributed by atoms with Gasteiger partial charge >= 0.3 is 0 Å². The van der Waals surface area contributed by atoms with Gasteiger partial charge in [-0.3, -0.25) is 15.2 Å². The lowest BCUT2D eigenvalue weighted by Gasteiger charge is -2.26. The Morgan fingerprint density at radius 1 is 1.37 bits per heavy atom. The van der Waals surface area contributed by atoms with Gasteiger partial charge in [0.1, 0.15) is 0 Å². The zero-order valence-corrected chi connectivity index (χ0v) is 12.7. The number of methoxy groups -OCH3 is 1. The van der Waals surface area contributed by atoms with Gasteiger partial charge < -0.3 is 10.1 Å². The molecule has 0 aromatic heterocycles. The van der Waals surface area contributed by atoms with Gasteiger partial charge in [-0.1, -0.05) is 19.3 Å². The van der Waals surface area contributed by atoms with Crippen LogP contribution in [0, 0.1) is 5.92 Å². The Bertz CT molecular complexity index is 294. The zero-order chi connectivity index (χ0) is 14.1. The largest absolute Gasteiger partial charge is 0.385 e. The van der Waals surface area contributed by atoms with E-state index >= 15 is 0 Å². The van der Waals surface area contributed by atoms with Crippen molar-refractivity contribution in [3.05, 3.63) is 0 Å². The maximum Gasteiger partial charge on any atom is 0.241 e. The van der Waals surface area contributed by atoms with Gasteiger partial charge in [0.25, 0.3) is 0 Å². The van der Waals surface area contributed by atoms with Crippen molar-refractivity contribution < 1.29 is 9.53 Å². The molecule has 0 heterocycles. The van der Waals surface area contributed by atoms with Crippen molar-refractivity contribution in [2.24, 2.45) is 5.92 Å². The minimum absolute atomic E-state index is 0.0863. The van der Waals surface area contributed by atoms with Gasteiger partial charge in [0, 0.05) is 33.2 Å². The van der Waals surface area contributed by atoms with E-state index in [0.717, 1.165) is 38.6 Å². The third-order valence-corrected chi connectivity index (χ3v) is 3.78. The molecule has 0 spiro atoms. The number of nitrogens with zero attached hydrogens (tertiary/aromatic N) is 1. The van der Waals surface area contributed by atoms with E-state index in [2.05, 4.69) is 10.7 Å². The predicted molar refractivity (Wildman–Crippen MR) is 79.6 cm³/mol. The van der Waals surface area contributed by atoms with Crippen LogP contribution in [-0.2, 0) is 9.53 Å². The maximum absolute atomic E-state index is 12.0. The summed E-state index contributed by atoms with van der Waals surface area (Å²) in [5.74, 6) is 0.232. The van der Waals surface area contributed by atoms with Crippen molar-refractivity contribution in [1.82, 2.24) is 15.8 Å². The molecule has 0 radical (unpaired) electrons. The summed E-state index contributed by atoms with van der Waals surface area (Å²) in [7, 11) is 3.45. The monoisotopic (exact) mass is 287 g/mol. The second-order valence-corrected chi connectivity index (χ2v) is 5.33. The number of hydrogen-bond donors (Lipinski definition) is 2. The van der Waals surface area contributed by atoms with Crippen molar-refractivity contribution in [2.75, 3.05) is 27.3 Å². The summed E-state index contributed by atoms with van der Waals surface area (Å²) >= 11 is 5.21. The molecule has 1 rings (SSSR count). The van der Waals surface area contributed by atoms with Crippen molar-refractivity contribution in [3.63, 3.8) is 0 Å². The molecule has 5 nitrogen and oxygen atoms in total. The average Bonchev–Trinajstić information content (AvgIpc) is 2.44. The van der Waals surface area contributed by atoms with Crippen molar-refractivity contribution >= 4 is 23.2 Å². The van der Waals surface area contributed by atoms with Crippen LogP contribution in [0.25, 0.3) is 0 Å². The van der Waals surface area contributed by atoms with Crippen LogP contribution >= 0.6 is 12.2 Å². The smallest absolute Gasteiger partial charge is 0.241 e. The third kappa shape index (κ3) is 6.20. The molecule has 6 heteroatoms. The normalized spacial score (nSPS) is 15.9. The van der Waals surface area contributed by atoms with Crippen LogP contribution < -0.4 is 10.7 Å². The molecule has 0 aromatic carbocycles. The topological polar surface area (TPSA) is 53.6 Å². The highest BCUT2D eigenvalue weighted by Crippen LogP contribution is 2.23. The van der Waals surface area contributed by atoms with E-state index in [4.69, 9.17) is 17.0 Å². The molecular weight excluding hydrogens is 262 g/mol. The maximum atomic E-state index is 12.0. The third-order valence-electron chi connectivity index (χ3n) is 3.36. The van der Waals surface area contributed by atoms with Crippen molar-refractivity contribution in [1.29, 1.82) is 0 Å². The number of ether oxygens (including phenoxy) is 1. The van der Waals surface area contributed by atoms with E-state index in [1.807, 2.05) is 0 Å². The number of rotatable bonds is 5. The fraction of sp³-hybridized carbons (Fsp3) is 0.846. The number of hydrogen-bond acceptors (Lipinski definition) is 3. The number of hydrazine groups is 1. The molecule has 0 saturated heterocycles. The second kappa shape index (κ2) is 9.09. The number of amides is 1. The lowest BCUT2D eigenvalue weighted by atomic mass is 9.89. The van der Waals surface area contributed by atoms with E-state index in [9.17, 15) is 4.79 Å². The summed E-state index contributed by atoms with van der Waals surface area (Å²) in [4.78, 5) is 12.0. The van der Waals surface area contributed by atoms with Crippen LogP contribution in [0.15, 0.2) is 0 Å². The Morgan fingerprint density at radius 2 is 2.05 bits per heavy atom. The van der Waals surface area contributed by atoms with Gasteiger partial charge in [-0.2, -0.15) is 0 Å². The first kappa shape index (κ1) is 16.2.